The lowest BCUT2D eigenvalue weighted by atomic mass is 10.1. The monoisotopic (exact) mass is 289 g/mol. The van der Waals surface area contributed by atoms with Gasteiger partial charge < -0.3 is 9.64 Å². The molecule has 0 atom stereocenters. The number of carbonyl (C=O) groups is 1. The summed E-state index contributed by atoms with van der Waals surface area (Å²) in [5, 5.41) is 2.58. The van der Waals surface area contributed by atoms with Gasteiger partial charge in [-0.05, 0) is 18.2 Å². The summed E-state index contributed by atoms with van der Waals surface area (Å²) in [5.41, 5.74) is 0.718. The molecule has 5 heteroatoms. The number of fused-ring (bicyclic) bond motifs is 1. The molecule has 2 aromatic rings. The molecule has 4 nitrogen and oxygen atoms in total. The molecule has 0 unspecified atom stereocenters. The highest BCUT2D eigenvalue weighted by Crippen LogP contribution is 2.25. The second-order valence-corrected chi connectivity index (χ2v) is 5.75. The van der Waals surface area contributed by atoms with Crippen molar-refractivity contribution in [1.29, 1.82) is 0 Å². The third-order valence-corrected chi connectivity index (χ3v) is 4.57. The predicted octanol–water partition coefficient (Wildman–Crippen LogP) is 2.44. The van der Waals surface area contributed by atoms with E-state index in [0.29, 0.717) is 42.8 Å². The quantitative estimate of drug-likeness (QED) is 0.852. The Morgan fingerprint density at radius 1 is 1.20 bits per heavy atom. The van der Waals surface area contributed by atoms with Crippen LogP contribution < -0.4 is 15.1 Å². The van der Waals surface area contributed by atoms with Gasteiger partial charge in [0.25, 0.3) is 0 Å². The summed E-state index contributed by atoms with van der Waals surface area (Å²) in [6, 6.07) is 5.55. The van der Waals surface area contributed by atoms with E-state index in [2.05, 4.69) is 0 Å². The van der Waals surface area contributed by atoms with Gasteiger partial charge in [0.1, 0.15) is 11.5 Å². The van der Waals surface area contributed by atoms with Crippen LogP contribution in [0.5, 0.6) is 5.75 Å². The summed E-state index contributed by atoms with van der Waals surface area (Å²) < 4.78 is 6.14. The van der Waals surface area contributed by atoms with E-state index in [-0.39, 0.29) is 11.2 Å². The van der Waals surface area contributed by atoms with Gasteiger partial charge in [0.2, 0.25) is 5.43 Å². The molecular formula is C15H15NO3S. The number of Topliss-reactive ketones (excluding diaryl/α,β-unsaturated/α-hetero) is 1. The van der Waals surface area contributed by atoms with Gasteiger partial charge in [0.15, 0.2) is 0 Å². The first kappa shape index (κ1) is 13.1. The highest BCUT2D eigenvalue weighted by molar-refractivity contribution is 7.16. The number of ether oxygens (including phenoxy) is 1. The molecule has 0 bridgehead atoms. The van der Waals surface area contributed by atoms with E-state index in [4.69, 9.17) is 4.74 Å². The molecule has 0 aliphatic carbocycles. The number of ketones is 1. The van der Waals surface area contributed by atoms with Crippen LogP contribution in [0.15, 0.2) is 28.4 Å². The van der Waals surface area contributed by atoms with Crippen molar-refractivity contribution in [2.75, 3.05) is 25.1 Å². The molecule has 1 aromatic carbocycles. The Morgan fingerprint density at radius 3 is 2.65 bits per heavy atom. The number of hydrogen-bond acceptors (Lipinski definition) is 5. The number of carbonyl (C=O) groups excluding carboxylic acids is 1. The minimum absolute atomic E-state index is 0.0204. The fourth-order valence-electron chi connectivity index (χ4n) is 2.44. The summed E-state index contributed by atoms with van der Waals surface area (Å²) in [6.45, 7) is 1.27. The van der Waals surface area contributed by atoms with Crippen molar-refractivity contribution < 1.29 is 9.53 Å². The fourth-order valence-corrected chi connectivity index (χ4v) is 3.36. The number of rotatable bonds is 2. The Kier molecular flexibility index (Phi) is 3.44. The summed E-state index contributed by atoms with van der Waals surface area (Å²) in [4.78, 5) is 25.9. The van der Waals surface area contributed by atoms with Crippen LogP contribution in [-0.2, 0) is 4.79 Å². The molecule has 104 valence electrons. The molecule has 1 aromatic heterocycles. The van der Waals surface area contributed by atoms with Crippen molar-refractivity contribution in [3.05, 3.63) is 33.8 Å². The fraction of sp³-hybridized carbons (Fsp3) is 0.333. The zero-order valence-electron chi connectivity index (χ0n) is 11.2. The Morgan fingerprint density at radius 2 is 1.95 bits per heavy atom. The van der Waals surface area contributed by atoms with Crippen LogP contribution in [0.4, 0.5) is 5.69 Å². The van der Waals surface area contributed by atoms with Crippen molar-refractivity contribution in [1.82, 2.24) is 0 Å². The van der Waals surface area contributed by atoms with Gasteiger partial charge in [-0.2, -0.15) is 0 Å². The van der Waals surface area contributed by atoms with E-state index >= 15 is 0 Å². The molecule has 20 heavy (non-hydrogen) atoms. The van der Waals surface area contributed by atoms with Gasteiger partial charge in [-0.3, -0.25) is 9.59 Å². The molecule has 0 N–H and O–H groups in total. The highest BCUT2D eigenvalue weighted by atomic mass is 32.1. The van der Waals surface area contributed by atoms with Crippen molar-refractivity contribution in [2.24, 2.45) is 0 Å². The Labute approximate surface area is 120 Å². The zero-order chi connectivity index (χ0) is 14.1. The van der Waals surface area contributed by atoms with E-state index in [0.717, 1.165) is 4.70 Å². The normalized spacial score (nSPS) is 15.7. The average molecular weight is 289 g/mol. The molecule has 1 saturated heterocycles. The lowest BCUT2D eigenvalue weighted by Crippen LogP contribution is -2.36. The number of nitrogens with zero attached hydrogens (tertiary/aromatic N) is 1. The first-order valence-electron chi connectivity index (χ1n) is 6.55. The molecule has 0 spiro atoms. The summed E-state index contributed by atoms with van der Waals surface area (Å²) in [7, 11) is 1.59. The van der Waals surface area contributed by atoms with Crippen LogP contribution in [0.1, 0.15) is 12.8 Å². The molecule has 0 radical (unpaired) electrons. The van der Waals surface area contributed by atoms with Gasteiger partial charge in [-0.1, -0.05) is 0 Å². The predicted molar refractivity (Wildman–Crippen MR) is 81.1 cm³/mol. The standard InChI is InChI=1S/C15H15NO3S/c1-19-11-2-3-14-12(8-11)15(18)13(9-20-14)16-6-4-10(17)5-7-16/h2-3,8-9H,4-7H2,1H3. The second-order valence-electron chi connectivity index (χ2n) is 4.84. The summed E-state index contributed by atoms with van der Waals surface area (Å²) in [5.74, 6) is 0.965. The van der Waals surface area contributed by atoms with Crippen LogP contribution in [-0.4, -0.2) is 26.0 Å². The summed E-state index contributed by atoms with van der Waals surface area (Å²) in [6.07, 6.45) is 1.06. The first-order chi connectivity index (χ1) is 9.69. The van der Waals surface area contributed by atoms with E-state index in [9.17, 15) is 9.59 Å². The van der Waals surface area contributed by atoms with Crippen LogP contribution in [0.3, 0.4) is 0 Å². The molecule has 3 rings (SSSR count). The molecule has 0 amide bonds. The van der Waals surface area contributed by atoms with E-state index in [1.807, 2.05) is 22.4 Å². The zero-order valence-corrected chi connectivity index (χ0v) is 12.0. The largest absolute Gasteiger partial charge is 0.497 e. The Bertz CT molecular complexity index is 713. The third-order valence-electron chi connectivity index (χ3n) is 3.62. The van der Waals surface area contributed by atoms with Crippen LogP contribution in [0.2, 0.25) is 0 Å². The average Bonchev–Trinajstić information content (AvgIpc) is 2.49. The SMILES string of the molecule is COc1ccc2scc(N3CCC(=O)CC3)c(=O)c2c1. The van der Waals surface area contributed by atoms with Crippen LogP contribution in [0.25, 0.3) is 10.1 Å². The lowest BCUT2D eigenvalue weighted by Gasteiger charge is -2.27. The topological polar surface area (TPSA) is 46.6 Å². The number of piperidine rings is 1. The summed E-state index contributed by atoms with van der Waals surface area (Å²) >= 11 is 1.55. The molecule has 2 heterocycles. The van der Waals surface area contributed by atoms with Crippen molar-refractivity contribution in [3.8, 4) is 5.75 Å². The maximum Gasteiger partial charge on any atom is 0.211 e. The Hall–Kier alpha value is -1.88. The molecule has 1 fully saturated rings. The maximum atomic E-state index is 12.6. The lowest BCUT2D eigenvalue weighted by molar-refractivity contribution is -0.119. The smallest absolute Gasteiger partial charge is 0.211 e. The third kappa shape index (κ3) is 2.29. The van der Waals surface area contributed by atoms with Gasteiger partial charge >= 0.3 is 0 Å². The van der Waals surface area contributed by atoms with Crippen molar-refractivity contribution in [2.45, 2.75) is 12.8 Å². The van der Waals surface area contributed by atoms with Crippen LogP contribution in [0, 0.1) is 0 Å². The number of hydrogen-bond donors (Lipinski definition) is 0. The second kappa shape index (κ2) is 5.25. The van der Waals surface area contributed by atoms with Gasteiger partial charge in [-0.25, -0.2) is 0 Å². The van der Waals surface area contributed by atoms with E-state index in [1.54, 1.807) is 24.5 Å². The molecule has 1 aliphatic rings. The minimum atomic E-state index is 0.0204. The van der Waals surface area contributed by atoms with E-state index < -0.39 is 0 Å². The number of benzene rings is 1. The van der Waals surface area contributed by atoms with Gasteiger partial charge in [0, 0.05) is 41.4 Å². The molecular weight excluding hydrogens is 274 g/mol. The van der Waals surface area contributed by atoms with E-state index in [1.165, 1.54) is 0 Å². The number of methoxy groups -OCH3 is 1. The van der Waals surface area contributed by atoms with Crippen LogP contribution >= 0.6 is 11.3 Å². The maximum absolute atomic E-state index is 12.6. The number of anilines is 1. The Balaban J connectivity index is 2.06. The van der Waals surface area contributed by atoms with Gasteiger partial charge in [0.05, 0.1) is 12.8 Å². The molecule has 0 saturated carbocycles. The van der Waals surface area contributed by atoms with Crippen molar-refractivity contribution >= 4 is 32.9 Å². The molecule has 1 aliphatic heterocycles. The van der Waals surface area contributed by atoms with Gasteiger partial charge in [-0.15, -0.1) is 11.3 Å². The highest BCUT2D eigenvalue weighted by Gasteiger charge is 2.19. The minimum Gasteiger partial charge on any atom is -0.497 e. The first-order valence-corrected chi connectivity index (χ1v) is 7.43. The van der Waals surface area contributed by atoms with Crippen molar-refractivity contribution in [3.63, 3.8) is 0 Å².